The summed E-state index contributed by atoms with van der Waals surface area (Å²) in [5.41, 5.74) is 3.53. The van der Waals surface area contributed by atoms with Gasteiger partial charge < -0.3 is 5.11 Å². The maximum atomic E-state index is 10.9. The number of benzene rings is 1. The largest absolute Gasteiger partial charge is 0.380 e. The fourth-order valence-corrected chi connectivity index (χ4v) is 2.68. The Kier molecular flexibility index (Phi) is 2.13. The second-order valence-corrected chi connectivity index (χ2v) is 4.92. The van der Waals surface area contributed by atoms with Crippen LogP contribution in [0, 0.1) is 6.92 Å². The first-order valence-corrected chi connectivity index (χ1v) is 5.91. The Hall–Kier alpha value is -1.61. The second kappa shape index (κ2) is 3.44. The normalized spacial score (nSPS) is 22.8. The standard InChI is InChI=1S/C14H16N2O/c1-10-3-4-11-5-6-14(17,13(11)7-10)12-8-15-16(2)9-12/h3-4,7-9,17H,5-6H2,1-2H3. The minimum absolute atomic E-state index is 0.748. The molecule has 0 radical (unpaired) electrons. The zero-order chi connectivity index (χ0) is 12.0. The van der Waals surface area contributed by atoms with E-state index in [4.69, 9.17) is 0 Å². The quantitative estimate of drug-likeness (QED) is 0.809. The summed E-state index contributed by atoms with van der Waals surface area (Å²) in [6.45, 7) is 2.06. The molecule has 0 saturated carbocycles. The van der Waals surface area contributed by atoms with Crippen LogP contribution in [0.25, 0.3) is 0 Å². The van der Waals surface area contributed by atoms with E-state index in [-0.39, 0.29) is 0 Å². The van der Waals surface area contributed by atoms with E-state index in [0.29, 0.717) is 0 Å². The molecule has 1 aromatic heterocycles. The molecule has 1 unspecified atom stereocenters. The van der Waals surface area contributed by atoms with Crippen molar-refractivity contribution in [3.05, 3.63) is 52.8 Å². The average molecular weight is 228 g/mol. The average Bonchev–Trinajstić information content (AvgIpc) is 2.86. The van der Waals surface area contributed by atoms with Crippen LogP contribution < -0.4 is 0 Å². The van der Waals surface area contributed by atoms with Gasteiger partial charge >= 0.3 is 0 Å². The summed E-state index contributed by atoms with van der Waals surface area (Å²) in [5.74, 6) is 0. The molecule has 0 fully saturated rings. The topological polar surface area (TPSA) is 38.1 Å². The summed E-state index contributed by atoms with van der Waals surface area (Å²) in [6.07, 6.45) is 5.34. The third kappa shape index (κ3) is 1.50. The summed E-state index contributed by atoms with van der Waals surface area (Å²) in [7, 11) is 1.87. The van der Waals surface area contributed by atoms with Crippen molar-refractivity contribution in [2.24, 2.45) is 7.05 Å². The van der Waals surface area contributed by atoms with E-state index in [1.54, 1.807) is 10.9 Å². The molecule has 3 nitrogen and oxygen atoms in total. The second-order valence-electron chi connectivity index (χ2n) is 4.92. The molecule has 17 heavy (non-hydrogen) atoms. The van der Waals surface area contributed by atoms with E-state index in [9.17, 15) is 5.11 Å². The van der Waals surface area contributed by atoms with Gasteiger partial charge in [0.25, 0.3) is 0 Å². The lowest BCUT2D eigenvalue weighted by atomic mass is 9.89. The van der Waals surface area contributed by atoms with E-state index in [1.807, 2.05) is 13.2 Å². The molecule has 1 aliphatic carbocycles. The molecule has 1 heterocycles. The van der Waals surface area contributed by atoms with Crippen molar-refractivity contribution in [2.75, 3.05) is 0 Å². The van der Waals surface area contributed by atoms with Gasteiger partial charge in [-0.3, -0.25) is 4.68 Å². The summed E-state index contributed by atoms with van der Waals surface area (Å²) < 4.78 is 1.74. The molecule has 1 N–H and O–H groups in total. The minimum Gasteiger partial charge on any atom is -0.380 e. The Morgan fingerprint density at radius 1 is 1.41 bits per heavy atom. The molecule has 2 aromatic rings. The Bertz CT molecular complexity index is 573. The van der Waals surface area contributed by atoms with Gasteiger partial charge in [-0.2, -0.15) is 5.10 Å². The highest BCUT2D eigenvalue weighted by Crippen LogP contribution is 2.42. The fourth-order valence-electron chi connectivity index (χ4n) is 2.68. The lowest BCUT2D eigenvalue weighted by Gasteiger charge is -2.22. The zero-order valence-electron chi connectivity index (χ0n) is 10.1. The highest BCUT2D eigenvalue weighted by molar-refractivity contribution is 5.45. The van der Waals surface area contributed by atoms with Gasteiger partial charge in [0, 0.05) is 18.8 Å². The van der Waals surface area contributed by atoms with Crippen molar-refractivity contribution < 1.29 is 5.11 Å². The molecule has 88 valence electrons. The monoisotopic (exact) mass is 228 g/mol. The Morgan fingerprint density at radius 2 is 2.24 bits per heavy atom. The van der Waals surface area contributed by atoms with E-state index in [0.717, 1.165) is 24.0 Å². The predicted octanol–water partition coefficient (Wildman–Crippen LogP) is 1.91. The summed E-state index contributed by atoms with van der Waals surface area (Å²) in [5, 5.41) is 15.1. The highest BCUT2D eigenvalue weighted by Gasteiger charge is 2.39. The van der Waals surface area contributed by atoms with E-state index in [1.165, 1.54) is 11.1 Å². The lowest BCUT2D eigenvalue weighted by Crippen LogP contribution is -2.23. The van der Waals surface area contributed by atoms with Crippen LogP contribution in [-0.4, -0.2) is 14.9 Å². The number of hydrogen-bond acceptors (Lipinski definition) is 2. The van der Waals surface area contributed by atoms with Crippen molar-refractivity contribution in [1.82, 2.24) is 9.78 Å². The number of rotatable bonds is 1. The molecular formula is C14H16N2O. The highest BCUT2D eigenvalue weighted by atomic mass is 16.3. The first-order chi connectivity index (χ1) is 8.09. The Morgan fingerprint density at radius 3 is 2.94 bits per heavy atom. The van der Waals surface area contributed by atoms with Crippen LogP contribution >= 0.6 is 0 Å². The van der Waals surface area contributed by atoms with Crippen LogP contribution in [0.5, 0.6) is 0 Å². The maximum absolute atomic E-state index is 10.9. The lowest BCUT2D eigenvalue weighted by molar-refractivity contribution is 0.0828. The fraction of sp³-hybridized carbons (Fsp3) is 0.357. The van der Waals surface area contributed by atoms with Crippen LogP contribution in [0.2, 0.25) is 0 Å². The van der Waals surface area contributed by atoms with Gasteiger partial charge in [-0.05, 0) is 30.9 Å². The summed E-state index contributed by atoms with van der Waals surface area (Å²) in [4.78, 5) is 0. The van der Waals surface area contributed by atoms with Crippen LogP contribution in [0.4, 0.5) is 0 Å². The first kappa shape index (κ1) is 10.5. The van der Waals surface area contributed by atoms with Gasteiger partial charge in [0.15, 0.2) is 0 Å². The van der Waals surface area contributed by atoms with Gasteiger partial charge in [0.05, 0.1) is 6.20 Å². The predicted molar refractivity (Wildman–Crippen MR) is 65.7 cm³/mol. The number of aryl methyl sites for hydroxylation is 3. The van der Waals surface area contributed by atoms with Crippen molar-refractivity contribution >= 4 is 0 Å². The number of fused-ring (bicyclic) bond motifs is 1. The molecule has 3 heteroatoms. The number of aliphatic hydroxyl groups is 1. The molecule has 0 saturated heterocycles. The molecule has 0 amide bonds. The van der Waals surface area contributed by atoms with E-state index >= 15 is 0 Å². The summed E-state index contributed by atoms with van der Waals surface area (Å²) in [6, 6.07) is 6.32. The Labute approximate surface area is 101 Å². The van der Waals surface area contributed by atoms with Crippen LogP contribution in [0.3, 0.4) is 0 Å². The van der Waals surface area contributed by atoms with Gasteiger partial charge in [0.2, 0.25) is 0 Å². The molecule has 1 aliphatic rings. The van der Waals surface area contributed by atoms with Gasteiger partial charge in [-0.15, -0.1) is 0 Å². The number of aromatic nitrogens is 2. The third-order valence-electron chi connectivity index (χ3n) is 3.65. The molecular weight excluding hydrogens is 212 g/mol. The molecule has 0 bridgehead atoms. The third-order valence-corrected chi connectivity index (χ3v) is 3.65. The molecule has 0 aliphatic heterocycles. The van der Waals surface area contributed by atoms with Gasteiger partial charge in [-0.25, -0.2) is 0 Å². The molecule has 1 aromatic carbocycles. The van der Waals surface area contributed by atoms with Crippen LogP contribution in [0.1, 0.15) is 28.7 Å². The smallest absolute Gasteiger partial charge is 0.118 e. The Balaban J connectivity index is 2.16. The van der Waals surface area contributed by atoms with Crippen molar-refractivity contribution in [3.63, 3.8) is 0 Å². The van der Waals surface area contributed by atoms with E-state index in [2.05, 4.69) is 30.2 Å². The van der Waals surface area contributed by atoms with Crippen molar-refractivity contribution in [1.29, 1.82) is 0 Å². The molecule has 3 rings (SSSR count). The molecule has 1 atom stereocenters. The van der Waals surface area contributed by atoms with E-state index < -0.39 is 5.60 Å². The number of hydrogen-bond donors (Lipinski definition) is 1. The zero-order valence-corrected chi connectivity index (χ0v) is 10.1. The van der Waals surface area contributed by atoms with Crippen molar-refractivity contribution in [2.45, 2.75) is 25.4 Å². The van der Waals surface area contributed by atoms with Crippen molar-refractivity contribution in [3.8, 4) is 0 Å². The summed E-state index contributed by atoms with van der Waals surface area (Å²) >= 11 is 0. The van der Waals surface area contributed by atoms with Crippen LogP contribution in [-0.2, 0) is 19.1 Å². The van der Waals surface area contributed by atoms with Gasteiger partial charge in [0.1, 0.15) is 5.60 Å². The minimum atomic E-state index is -0.852. The van der Waals surface area contributed by atoms with Gasteiger partial charge in [-0.1, -0.05) is 23.8 Å². The molecule has 0 spiro atoms. The SMILES string of the molecule is Cc1ccc2c(c1)C(O)(c1cnn(C)c1)CC2. The van der Waals surface area contributed by atoms with Crippen LogP contribution in [0.15, 0.2) is 30.6 Å². The number of nitrogens with zero attached hydrogens (tertiary/aromatic N) is 2. The first-order valence-electron chi connectivity index (χ1n) is 5.91. The maximum Gasteiger partial charge on any atom is 0.118 e.